The SMILES string of the molecule is CC(=O)/C(=N/Nc1cccc(Cl)c1C)N1CCCc2ccccc21. The number of aryl methyl sites for hydroxylation is 1. The second-order valence-corrected chi connectivity index (χ2v) is 6.31. The van der Waals surface area contributed by atoms with E-state index in [2.05, 4.69) is 16.6 Å². The Morgan fingerprint density at radius 2 is 2.00 bits per heavy atom. The number of nitrogens with one attached hydrogen (secondary N) is 1. The number of Topliss-reactive ketones (excluding diaryl/α,β-unsaturated/α-hetero) is 1. The van der Waals surface area contributed by atoms with Crippen molar-refractivity contribution in [2.75, 3.05) is 16.9 Å². The maximum absolute atomic E-state index is 12.2. The summed E-state index contributed by atoms with van der Waals surface area (Å²) < 4.78 is 0. The number of carbonyl (C=O) groups excluding carboxylic acids is 1. The zero-order valence-electron chi connectivity index (χ0n) is 13.8. The first kappa shape index (κ1) is 16.5. The smallest absolute Gasteiger partial charge is 0.197 e. The molecule has 4 nitrogen and oxygen atoms in total. The standard InChI is InChI=1S/C19H20ClN3O/c1-13-16(20)9-5-10-17(13)21-22-19(14(2)24)23-12-6-8-15-7-3-4-11-18(15)23/h3-5,7,9-11,21H,6,8,12H2,1-2H3/b22-19-. The van der Waals surface area contributed by atoms with Crippen LogP contribution in [0.2, 0.25) is 5.02 Å². The van der Waals surface area contributed by atoms with Gasteiger partial charge in [0.05, 0.1) is 5.69 Å². The Hall–Kier alpha value is -2.33. The summed E-state index contributed by atoms with van der Waals surface area (Å²) in [6, 6.07) is 13.7. The van der Waals surface area contributed by atoms with E-state index in [1.807, 2.05) is 48.2 Å². The van der Waals surface area contributed by atoms with E-state index in [9.17, 15) is 4.79 Å². The number of para-hydroxylation sites is 1. The van der Waals surface area contributed by atoms with E-state index in [0.29, 0.717) is 10.9 Å². The molecule has 0 aliphatic carbocycles. The number of nitrogens with zero attached hydrogens (tertiary/aromatic N) is 2. The van der Waals surface area contributed by atoms with E-state index in [1.165, 1.54) is 5.56 Å². The summed E-state index contributed by atoms with van der Waals surface area (Å²) >= 11 is 6.14. The van der Waals surface area contributed by atoms with Crippen LogP contribution in [0.4, 0.5) is 11.4 Å². The summed E-state index contributed by atoms with van der Waals surface area (Å²) in [5.41, 5.74) is 7.01. The summed E-state index contributed by atoms with van der Waals surface area (Å²) in [6.07, 6.45) is 2.03. The Morgan fingerprint density at radius 3 is 2.79 bits per heavy atom. The second-order valence-electron chi connectivity index (χ2n) is 5.90. The molecule has 124 valence electrons. The van der Waals surface area contributed by atoms with Gasteiger partial charge in [-0.25, -0.2) is 0 Å². The summed E-state index contributed by atoms with van der Waals surface area (Å²) in [6.45, 7) is 4.25. The second kappa shape index (κ2) is 7.05. The summed E-state index contributed by atoms with van der Waals surface area (Å²) in [5.74, 6) is 0.348. The normalized spacial score (nSPS) is 14.3. The summed E-state index contributed by atoms with van der Waals surface area (Å²) in [7, 11) is 0. The minimum atomic E-state index is -0.0705. The van der Waals surface area contributed by atoms with Crippen LogP contribution >= 0.6 is 11.6 Å². The largest absolute Gasteiger partial charge is 0.322 e. The van der Waals surface area contributed by atoms with Gasteiger partial charge in [0.2, 0.25) is 0 Å². The number of hydrogen-bond acceptors (Lipinski definition) is 3. The van der Waals surface area contributed by atoms with Crippen molar-refractivity contribution >= 4 is 34.6 Å². The Morgan fingerprint density at radius 1 is 1.21 bits per heavy atom. The van der Waals surface area contributed by atoms with E-state index in [-0.39, 0.29) is 5.78 Å². The van der Waals surface area contributed by atoms with E-state index in [0.717, 1.165) is 36.3 Å². The van der Waals surface area contributed by atoms with Crippen LogP contribution in [0.1, 0.15) is 24.5 Å². The molecule has 0 saturated heterocycles. The van der Waals surface area contributed by atoms with Crippen LogP contribution < -0.4 is 10.3 Å². The van der Waals surface area contributed by atoms with Gasteiger partial charge in [-0.3, -0.25) is 10.2 Å². The lowest BCUT2D eigenvalue weighted by Gasteiger charge is -2.31. The van der Waals surface area contributed by atoms with Crippen molar-refractivity contribution in [3.05, 3.63) is 58.6 Å². The number of amidine groups is 1. The first-order chi connectivity index (χ1) is 11.6. The highest BCUT2D eigenvalue weighted by atomic mass is 35.5. The van der Waals surface area contributed by atoms with Gasteiger partial charge in [-0.1, -0.05) is 35.9 Å². The molecule has 1 heterocycles. The third kappa shape index (κ3) is 3.29. The molecule has 0 aromatic heterocycles. The van der Waals surface area contributed by atoms with Crippen molar-refractivity contribution in [3.63, 3.8) is 0 Å². The van der Waals surface area contributed by atoms with Gasteiger partial charge in [0.15, 0.2) is 11.6 Å². The Bertz CT molecular complexity index is 801. The van der Waals surface area contributed by atoms with Crippen LogP contribution in [0.5, 0.6) is 0 Å². The molecule has 0 amide bonds. The van der Waals surface area contributed by atoms with Crippen molar-refractivity contribution in [3.8, 4) is 0 Å². The predicted molar refractivity (Wildman–Crippen MR) is 100 cm³/mol. The molecule has 0 bridgehead atoms. The third-order valence-electron chi connectivity index (χ3n) is 4.23. The zero-order chi connectivity index (χ0) is 17.1. The lowest BCUT2D eigenvalue weighted by atomic mass is 10.0. The lowest BCUT2D eigenvalue weighted by Crippen LogP contribution is -2.40. The number of carbonyl (C=O) groups is 1. The number of hydrogen-bond donors (Lipinski definition) is 1. The highest BCUT2D eigenvalue weighted by Gasteiger charge is 2.23. The summed E-state index contributed by atoms with van der Waals surface area (Å²) in [5, 5.41) is 5.07. The van der Waals surface area contributed by atoms with Crippen molar-refractivity contribution in [1.82, 2.24) is 0 Å². The van der Waals surface area contributed by atoms with Crippen molar-refractivity contribution in [2.24, 2.45) is 5.10 Å². The topological polar surface area (TPSA) is 44.7 Å². The number of rotatable bonds is 3. The molecule has 5 heteroatoms. The fourth-order valence-electron chi connectivity index (χ4n) is 2.92. The maximum Gasteiger partial charge on any atom is 0.197 e. The molecule has 24 heavy (non-hydrogen) atoms. The molecule has 1 aliphatic rings. The van der Waals surface area contributed by atoms with Gasteiger partial charge in [0.25, 0.3) is 0 Å². The summed E-state index contributed by atoms with van der Waals surface area (Å²) in [4.78, 5) is 14.2. The van der Waals surface area contributed by atoms with Crippen LogP contribution in [0.15, 0.2) is 47.6 Å². The minimum absolute atomic E-state index is 0.0705. The first-order valence-corrected chi connectivity index (χ1v) is 8.41. The van der Waals surface area contributed by atoms with Gasteiger partial charge in [-0.2, -0.15) is 5.10 Å². The van der Waals surface area contributed by atoms with E-state index < -0.39 is 0 Å². The van der Waals surface area contributed by atoms with Crippen LogP contribution in [-0.4, -0.2) is 18.2 Å². The fraction of sp³-hybridized carbons (Fsp3) is 0.263. The third-order valence-corrected chi connectivity index (χ3v) is 4.64. The molecule has 3 rings (SSSR count). The van der Waals surface area contributed by atoms with Gasteiger partial charge in [-0.05, 0) is 49.1 Å². The Labute approximate surface area is 147 Å². The average molecular weight is 342 g/mol. The van der Waals surface area contributed by atoms with E-state index in [4.69, 9.17) is 11.6 Å². The molecule has 0 unspecified atom stereocenters. The van der Waals surface area contributed by atoms with Crippen molar-refractivity contribution in [1.29, 1.82) is 0 Å². The quantitative estimate of drug-likeness (QED) is 0.510. The van der Waals surface area contributed by atoms with Crippen molar-refractivity contribution in [2.45, 2.75) is 26.7 Å². The highest BCUT2D eigenvalue weighted by Crippen LogP contribution is 2.28. The van der Waals surface area contributed by atoms with E-state index in [1.54, 1.807) is 6.92 Å². The van der Waals surface area contributed by atoms with Gasteiger partial charge in [-0.15, -0.1) is 0 Å². The van der Waals surface area contributed by atoms with Gasteiger partial charge < -0.3 is 4.90 Å². The van der Waals surface area contributed by atoms with Crippen LogP contribution in [0.3, 0.4) is 0 Å². The van der Waals surface area contributed by atoms with Gasteiger partial charge in [0, 0.05) is 24.2 Å². The number of hydrazone groups is 1. The Kier molecular flexibility index (Phi) is 4.86. The molecule has 2 aromatic carbocycles. The maximum atomic E-state index is 12.2. The lowest BCUT2D eigenvalue weighted by molar-refractivity contribution is -0.111. The van der Waals surface area contributed by atoms with Gasteiger partial charge >= 0.3 is 0 Å². The average Bonchev–Trinajstić information content (AvgIpc) is 2.58. The number of anilines is 2. The highest BCUT2D eigenvalue weighted by molar-refractivity contribution is 6.43. The Balaban J connectivity index is 1.94. The molecule has 1 aliphatic heterocycles. The molecule has 0 saturated carbocycles. The molecule has 1 N–H and O–H groups in total. The van der Waals surface area contributed by atoms with Crippen LogP contribution in [0, 0.1) is 6.92 Å². The fourth-order valence-corrected chi connectivity index (χ4v) is 3.10. The molecular formula is C19H20ClN3O. The molecule has 0 radical (unpaired) electrons. The van der Waals surface area contributed by atoms with Gasteiger partial charge in [0.1, 0.15) is 0 Å². The number of halogens is 1. The van der Waals surface area contributed by atoms with Crippen molar-refractivity contribution < 1.29 is 4.79 Å². The molecular weight excluding hydrogens is 322 g/mol. The molecule has 0 fully saturated rings. The molecule has 2 aromatic rings. The molecule has 0 spiro atoms. The predicted octanol–water partition coefficient (Wildman–Crippen LogP) is 4.42. The molecule has 0 atom stereocenters. The first-order valence-electron chi connectivity index (χ1n) is 8.03. The number of fused-ring (bicyclic) bond motifs is 1. The number of ketones is 1. The minimum Gasteiger partial charge on any atom is -0.322 e. The van der Waals surface area contributed by atoms with E-state index >= 15 is 0 Å². The zero-order valence-corrected chi connectivity index (χ0v) is 14.6. The van der Waals surface area contributed by atoms with Crippen LogP contribution in [-0.2, 0) is 11.2 Å². The number of benzene rings is 2. The van der Waals surface area contributed by atoms with Crippen LogP contribution in [0.25, 0.3) is 0 Å². The monoisotopic (exact) mass is 341 g/mol.